The Balaban J connectivity index is 2.07. The van der Waals surface area contributed by atoms with Crippen molar-refractivity contribution in [3.05, 3.63) is 44.3 Å². The van der Waals surface area contributed by atoms with Crippen LogP contribution in [0.25, 0.3) is 0 Å². The third-order valence-electron chi connectivity index (χ3n) is 2.84. The molecule has 0 unspecified atom stereocenters. The fraction of sp³-hybridized carbons (Fsp3) is 0.400. The predicted octanol–water partition coefficient (Wildman–Crippen LogP) is 5.52. The number of hydrogen-bond donors (Lipinski definition) is 0. The molecule has 0 bridgehead atoms. The second-order valence-electron chi connectivity index (χ2n) is 5.55. The second-order valence-corrected chi connectivity index (χ2v) is 7.68. The Labute approximate surface area is 137 Å². The van der Waals surface area contributed by atoms with Gasteiger partial charge in [0.25, 0.3) is 0 Å². The summed E-state index contributed by atoms with van der Waals surface area (Å²) >= 11 is 11.0. The minimum absolute atomic E-state index is 0.0770. The molecule has 108 valence electrons. The Morgan fingerprint density at radius 3 is 2.70 bits per heavy atom. The molecule has 0 aliphatic rings. The number of aromatic nitrogens is 1. The summed E-state index contributed by atoms with van der Waals surface area (Å²) in [5.41, 5.74) is 2.16. The first-order valence-electron chi connectivity index (χ1n) is 6.32. The van der Waals surface area contributed by atoms with E-state index in [4.69, 9.17) is 16.3 Å². The maximum absolute atomic E-state index is 5.94. The molecular weight excluding hydrogens is 358 g/mol. The average molecular weight is 375 g/mol. The first-order valence-corrected chi connectivity index (χ1v) is 8.53. The predicted molar refractivity (Wildman–Crippen MR) is 88.8 cm³/mol. The van der Waals surface area contributed by atoms with Crippen LogP contribution in [0, 0.1) is 0 Å². The molecule has 0 radical (unpaired) electrons. The molecule has 0 saturated heterocycles. The Morgan fingerprint density at radius 1 is 1.35 bits per heavy atom. The fourth-order valence-electron chi connectivity index (χ4n) is 1.65. The number of benzene rings is 1. The number of rotatable bonds is 4. The van der Waals surface area contributed by atoms with Crippen molar-refractivity contribution in [2.45, 2.75) is 38.7 Å². The zero-order valence-electron chi connectivity index (χ0n) is 11.7. The van der Waals surface area contributed by atoms with E-state index in [0.717, 1.165) is 26.5 Å². The van der Waals surface area contributed by atoms with E-state index in [1.54, 1.807) is 11.3 Å². The summed E-state index contributed by atoms with van der Waals surface area (Å²) in [5.74, 6) is 1.25. The number of nitrogens with zero attached hydrogens (tertiary/aromatic N) is 1. The lowest BCUT2D eigenvalue weighted by Crippen LogP contribution is -2.11. The highest BCUT2D eigenvalue weighted by Gasteiger charge is 2.17. The summed E-state index contributed by atoms with van der Waals surface area (Å²) < 4.78 is 6.84. The zero-order chi connectivity index (χ0) is 14.8. The Kier molecular flexibility index (Phi) is 5.10. The van der Waals surface area contributed by atoms with Crippen molar-refractivity contribution < 1.29 is 4.74 Å². The third-order valence-corrected chi connectivity index (χ3v) is 4.44. The Hall–Kier alpha value is -0.580. The second kappa shape index (κ2) is 6.46. The van der Waals surface area contributed by atoms with Crippen molar-refractivity contribution in [1.29, 1.82) is 0 Å². The lowest BCUT2D eigenvalue weighted by molar-refractivity contribution is 0.302. The number of ether oxygens (including phenoxy) is 1. The number of halogens is 2. The van der Waals surface area contributed by atoms with Gasteiger partial charge in [-0.05, 0) is 18.2 Å². The van der Waals surface area contributed by atoms with Gasteiger partial charge in [0.2, 0.25) is 0 Å². The van der Waals surface area contributed by atoms with Crippen molar-refractivity contribution in [3.63, 3.8) is 0 Å². The van der Waals surface area contributed by atoms with Crippen LogP contribution in [0.15, 0.2) is 28.1 Å². The summed E-state index contributed by atoms with van der Waals surface area (Å²) in [6, 6.07) is 5.86. The van der Waals surface area contributed by atoms with Crippen molar-refractivity contribution >= 4 is 38.9 Å². The molecular formula is C15H17BrClNOS. The molecule has 20 heavy (non-hydrogen) atoms. The van der Waals surface area contributed by atoms with Crippen molar-refractivity contribution in [1.82, 2.24) is 4.98 Å². The maximum atomic E-state index is 5.94. The van der Waals surface area contributed by atoms with Gasteiger partial charge in [0.05, 0.1) is 11.6 Å². The van der Waals surface area contributed by atoms with E-state index >= 15 is 0 Å². The van der Waals surface area contributed by atoms with Gasteiger partial charge in [-0.3, -0.25) is 0 Å². The smallest absolute Gasteiger partial charge is 0.140 e. The first-order chi connectivity index (χ1) is 9.40. The quantitative estimate of drug-likeness (QED) is 0.657. The van der Waals surface area contributed by atoms with E-state index < -0.39 is 0 Å². The van der Waals surface area contributed by atoms with Gasteiger partial charge in [-0.15, -0.1) is 22.9 Å². The molecule has 0 amide bonds. The normalized spacial score (nSPS) is 11.7. The average Bonchev–Trinajstić information content (AvgIpc) is 2.86. The fourth-order valence-corrected chi connectivity index (χ4v) is 3.20. The van der Waals surface area contributed by atoms with Crippen LogP contribution in [0.4, 0.5) is 0 Å². The van der Waals surface area contributed by atoms with E-state index in [1.165, 1.54) is 0 Å². The topological polar surface area (TPSA) is 22.1 Å². The monoisotopic (exact) mass is 373 g/mol. The van der Waals surface area contributed by atoms with Gasteiger partial charge in [0.1, 0.15) is 17.4 Å². The van der Waals surface area contributed by atoms with Crippen molar-refractivity contribution in [3.8, 4) is 5.75 Å². The molecule has 2 aromatic rings. The van der Waals surface area contributed by atoms with E-state index in [9.17, 15) is 0 Å². The summed E-state index contributed by atoms with van der Waals surface area (Å²) in [4.78, 5) is 4.62. The van der Waals surface area contributed by atoms with E-state index in [0.29, 0.717) is 12.5 Å². The van der Waals surface area contributed by atoms with Crippen LogP contribution < -0.4 is 4.74 Å². The first kappa shape index (κ1) is 15.8. The van der Waals surface area contributed by atoms with Crippen LogP contribution in [0.2, 0.25) is 0 Å². The van der Waals surface area contributed by atoms with Gasteiger partial charge in [-0.25, -0.2) is 4.98 Å². The lowest BCUT2D eigenvalue weighted by atomic mass is 9.93. The molecule has 0 fully saturated rings. The maximum Gasteiger partial charge on any atom is 0.140 e. The molecule has 0 N–H and O–H groups in total. The zero-order valence-corrected chi connectivity index (χ0v) is 14.9. The van der Waals surface area contributed by atoms with Gasteiger partial charge < -0.3 is 4.74 Å². The van der Waals surface area contributed by atoms with Crippen LogP contribution in [-0.2, 0) is 17.9 Å². The van der Waals surface area contributed by atoms with Crippen LogP contribution in [0.5, 0.6) is 5.75 Å². The molecule has 0 aliphatic carbocycles. The molecule has 1 heterocycles. The van der Waals surface area contributed by atoms with Gasteiger partial charge in [-0.1, -0.05) is 36.7 Å². The highest BCUT2D eigenvalue weighted by molar-refractivity contribution is 9.10. The molecule has 2 nitrogen and oxygen atoms in total. The Morgan fingerprint density at radius 2 is 2.10 bits per heavy atom. The van der Waals surface area contributed by atoms with Crippen LogP contribution in [0.3, 0.4) is 0 Å². The largest absolute Gasteiger partial charge is 0.486 e. The summed E-state index contributed by atoms with van der Waals surface area (Å²) in [7, 11) is 0. The minimum Gasteiger partial charge on any atom is -0.486 e. The highest BCUT2D eigenvalue weighted by Crippen LogP contribution is 2.27. The lowest BCUT2D eigenvalue weighted by Gasteiger charge is -2.14. The molecule has 1 aromatic heterocycles. The summed E-state index contributed by atoms with van der Waals surface area (Å²) in [6.07, 6.45) is 0. The van der Waals surface area contributed by atoms with E-state index in [2.05, 4.69) is 47.1 Å². The van der Waals surface area contributed by atoms with E-state index in [1.807, 2.05) is 18.2 Å². The number of thiazole rings is 1. The summed E-state index contributed by atoms with van der Waals surface area (Å²) in [6.45, 7) is 6.96. The SMILES string of the molecule is CC(C)(C)c1csc(COc2ccc(Br)cc2CCl)n1. The standard InChI is InChI=1S/C15H17BrClNOS/c1-15(2,3)13-9-20-14(18-13)8-19-12-5-4-11(16)6-10(12)7-17/h4-6,9H,7-8H2,1-3H3. The number of hydrogen-bond acceptors (Lipinski definition) is 3. The number of alkyl halides is 1. The van der Waals surface area contributed by atoms with Crippen molar-refractivity contribution in [2.24, 2.45) is 0 Å². The Bertz CT molecular complexity index is 592. The molecule has 5 heteroatoms. The minimum atomic E-state index is 0.0770. The molecule has 0 aliphatic heterocycles. The molecule has 0 atom stereocenters. The third kappa shape index (κ3) is 3.96. The van der Waals surface area contributed by atoms with Crippen LogP contribution in [0.1, 0.15) is 37.0 Å². The van der Waals surface area contributed by atoms with Gasteiger partial charge in [-0.2, -0.15) is 0 Å². The van der Waals surface area contributed by atoms with Crippen molar-refractivity contribution in [2.75, 3.05) is 0 Å². The molecule has 1 aromatic carbocycles. The molecule has 0 spiro atoms. The van der Waals surface area contributed by atoms with Gasteiger partial charge >= 0.3 is 0 Å². The highest BCUT2D eigenvalue weighted by atomic mass is 79.9. The van der Waals surface area contributed by atoms with Gasteiger partial charge in [0.15, 0.2) is 0 Å². The van der Waals surface area contributed by atoms with Gasteiger partial charge in [0, 0.05) is 20.8 Å². The van der Waals surface area contributed by atoms with Crippen LogP contribution >= 0.6 is 38.9 Å². The molecule has 2 rings (SSSR count). The molecule has 0 saturated carbocycles. The van der Waals surface area contributed by atoms with Crippen LogP contribution in [-0.4, -0.2) is 4.98 Å². The summed E-state index contributed by atoms with van der Waals surface area (Å²) in [5, 5.41) is 3.08. The van der Waals surface area contributed by atoms with E-state index in [-0.39, 0.29) is 5.41 Å².